The molecule has 0 fully saturated rings. The van der Waals surface area contributed by atoms with Gasteiger partial charge in [-0.15, -0.1) is 0 Å². The summed E-state index contributed by atoms with van der Waals surface area (Å²) in [5, 5.41) is 5.44. The molecule has 0 bridgehead atoms. The zero-order valence-corrected chi connectivity index (χ0v) is 26.1. The molecular formula is C44H29N3O. The lowest BCUT2D eigenvalue weighted by Gasteiger charge is -2.15. The van der Waals surface area contributed by atoms with Crippen LogP contribution in [0, 0.1) is 0 Å². The molecule has 9 aromatic rings. The van der Waals surface area contributed by atoms with Crippen LogP contribution in [0.3, 0.4) is 0 Å². The van der Waals surface area contributed by atoms with E-state index in [0.717, 1.165) is 84.3 Å². The van der Waals surface area contributed by atoms with Gasteiger partial charge >= 0.3 is 0 Å². The second-order valence-electron chi connectivity index (χ2n) is 12.5. The third kappa shape index (κ3) is 4.09. The third-order valence-electron chi connectivity index (χ3n) is 9.70. The fraction of sp³-hybridized carbons (Fsp3) is 0.0455. The van der Waals surface area contributed by atoms with Crippen molar-refractivity contribution in [1.29, 1.82) is 0 Å². The molecule has 0 saturated heterocycles. The van der Waals surface area contributed by atoms with Gasteiger partial charge in [-0.25, -0.2) is 9.97 Å². The molecule has 0 unspecified atom stereocenters. The van der Waals surface area contributed by atoms with Crippen LogP contribution < -0.4 is 0 Å². The number of fused-ring (bicyclic) bond motifs is 8. The van der Waals surface area contributed by atoms with E-state index in [2.05, 4.69) is 138 Å². The summed E-state index contributed by atoms with van der Waals surface area (Å²) in [5.74, 6) is 0.640. The molecule has 0 atom stereocenters. The van der Waals surface area contributed by atoms with E-state index in [1.54, 1.807) is 0 Å². The van der Waals surface area contributed by atoms with E-state index >= 15 is 0 Å². The quantitative estimate of drug-likeness (QED) is 0.198. The van der Waals surface area contributed by atoms with E-state index in [1.807, 2.05) is 18.2 Å². The first kappa shape index (κ1) is 26.9. The Bertz CT molecular complexity index is 2770. The molecule has 3 heterocycles. The van der Waals surface area contributed by atoms with Crippen LogP contribution >= 0.6 is 0 Å². The Morgan fingerprint density at radius 1 is 0.542 bits per heavy atom. The molecule has 4 nitrogen and oxygen atoms in total. The molecule has 10 rings (SSSR count). The van der Waals surface area contributed by atoms with Gasteiger partial charge in [-0.1, -0.05) is 127 Å². The lowest BCUT2D eigenvalue weighted by atomic mass is 9.90. The highest BCUT2D eigenvalue weighted by Crippen LogP contribution is 2.43. The number of para-hydroxylation sites is 3. The Morgan fingerprint density at radius 2 is 1.25 bits per heavy atom. The lowest BCUT2D eigenvalue weighted by molar-refractivity contribution is 0.671. The Kier molecular flexibility index (Phi) is 5.97. The van der Waals surface area contributed by atoms with Gasteiger partial charge in [0.05, 0.1) is 27.6 Å². The molecular weight excluding hydrogens is 587 g/mol. The molecule has 1 aliphatic rings. The predicted octanol–water partition coefficient (Wildman–Crippen LogP) is 11.6. The SMILES string of the molecule is C1=C(c2ccccc2)CCC=C1c1cccc2c1oc1c2ccc2c1c1ccccc1n2-c1nc(-c2ccccc2)c2ccccc2n1. The van der Waals surface area contributed by atoms with Crippen LogP contribution in [-0.2, 0) is 0 Å². The van der Waals surface area contributed by atoms with Gasteiger partial charge in [-0.2, -0.15) is 0 Å². The van der Waals surface area contributed by atoms with E-state index in [4.69, 9.17) is 14.4 Å². The van der Waals surface area contributed by atoms with E-state index in [-0.39, 0.29) is 0 Å². The standard InChI is InChI=1S/C44H29N3O/c1-3-13-28(14-4-1)30-17-11-18-31(27-30)32-21-12-22-33-34-25-26-39-40(43(34)48-42(32)33)36-20-8-10-24-38(36)47(39)44-45-37-23-9-7-19-35(37)41(46-44)29-15-5-2-6-16-29/h1-10,12-16,18-27H,11,17H2. The first-order valence-corrected chi connectivity index (χ1v) is 16.5. The van der Waals surface area contributed by atoms with Crippen LogP contribution in [0.1, 0.15) is 24.0 Å². The number of rotatable bonds is 4. The second-order valence-corrected chi connectivity index (χ2v) is 12.5. The molecule has 0 N–H and O–H groups in total. The van der Waals surface area contributed by atoms with Crippen molar-refractivity contribution >= 4 is 65.8 Å². The van der Waals surface area contributed by atoms with Crippen molar-refractivity contribution in [2.75, 3.05) is 0 Å². The van der Waals surface area contributed by atoms with Crippen LogP contribution in [0.4, 0.5) is 0 Å². The molecule has 0 aliphatic heterocycles. The summed E-state index contributed by atoms with van der Waals surface area (Å²) in [6.07, 6.45) is 6.72. The number of furan rings is 1. The van der Waals surface area contributed by atoms with Gasteiger partial charge in [0.25, 0.3) is 0 Å². The molecule has 6 aromatic carbocycles. The molecule has 0 radical (unpaired) electrons. The monoisotopic (exact) mass is 615 g/mol. The highest BCUT2D eigenvalue weighted by Gasteiger charge is 2.22. The summed E-state index contributed by atoms with van der Waals surface area (Å²) in [7, 11) is 0. The van der Waals surface area contributed by atoms with E-state index in [9.17, 15) is 0 Å². The average molecular weight is 616 g/mol. The van der Waals surface area contributed by atoms with Crippen LogP contribution in [0.15, 0.2) is 156 Å². The first-order valence-electron chi connectivity index (χ1n) is 16.5. The largest absolute Gasteiger partial charge is 0.455 e. The average Bonchev–Trinajstić information content (AvgIpc) is 3.71. The summed E-state index contributed by atoms with van der Waals surface area (Å²) in [6.45, 7) is 0. The number of hydrogen-bond donors (Lipinski definition) is 0. The summed E-state index contributed by atoms with van der Waals surface area (Å²) >= 11 is 0. The number of hydrogen-bond acceptors (Lipinski definition) is 3. The van der Waals surface area contributed by atoms with Gasteiger partial charge in [0, 0.05) is 32.7 Å². The maximum absolute atomic E-state index is 6.99. The number of allylic oxidation sites excluding steroid dienone is 4. The predicted molar refractivity (Wildman–Crippen MR) is 198 cm³/mol. The van der Waals surface area contributed by atoms with Gasteiger partial charge in [-0.05, 0) is 53.8 Å². The fourth-order valence-corrected chi connectivity index (χ4v) is 7.50. The second kappa shape index (κ2) is 10.6. The minimum absolute atomic E-state index is 0.640. The van der Waals surface area contributed by atoms with Crippen LogP contribution in [0.5, 0.6) is 0 Å². The molecule has 1 aliphatic carbocycles. The zero-order chi connectivity index (χ0) is 31.6. The number of aromatic nitrogens is 3. The Balaban J connectivity index is 1.23. The highest BCUT2D eigenvalue weighted by molar-refractivity contribution is 6.24. The molecule has 48 heavy (non-hydrogen) atoms. The number of nitrogens with zero attached hydrogens (tertiary/aromatic N) is 3. The summed E-state index contributed by atoms with van der Waals surface area (Å²) in [4.78, 5) is 10.4. The summed E-state index contributed by atoms with van der Waals surface area (Å²) in [6, 6.07) is 48.7. The van der Waals surface area contributed by atoms with Crippen molar-refractivity contribution < 1.29 is 4.42 Å². The molecule has 0 saturated carbocycles. The lowest BCUT2D eigenvalue weighted by Crippen LogP contribution is -2.03. The van der Waals surface area contributed by atoms with Crippen molar-refractivity contribution in [2.45, 2.75) is 12.8 Å². The van der Waals surface area contributed by atoms with E-state index < -0.39 is 0 Å². The van der Waals surface area contributed by atoms with Crippen molar-refractivity contribution in [1.82, 2.24) is 14.5 Å². The van der Waals surface area contributed by atoms with E-state index in [1.165, 1.54) is 16.7 Å². The minimum Gasteiger partial charge on any atom is -0.455 e. The summed E-state index contributed by atoms with van der Waals surface area (Å²) in [5.41, 5.74) is 11.7. The Labute approximate surface area is 276 Å². The minimum atomic E-state index is 0.640. The van der Waals surface area contributed by atoms with Crippen molar-refractivity contribution in [2.24, 2.45) is 0 Å². The maximum atomic E-state index is 6.99. The van der Waals surface area contributed by atoms with Gasteiger partial charge in [0.2, 0.25) is 5.95 Å². The normalized spacial score (nSPS) is 13.5. The highest BCUT2D eigenvalue weighted by atomic mass is 16.3. The van der Waals surface area contributed by atoms with Gasteiger partial charge in [0.1, 0.15) is 11.2 Å². The zero-order valence-electron chi connectivity index (χ0n) is 26.1. The Morgan fingerprint density at radius 3 is 2.10 bits per heavy atom. The van der Waals surface area contributed by atoms with Crippen LogP contribution in [0.2, 0.25) is 0 Å². The van der Waals surface area contributed by atoms with Gasteiger partial charge in [-0.3, -0.25) is 4.57 Å². The first-order chi connectivity index (χ1) is 23.8. The van der Waals surface area contributed by atoms with Crippen molar-refractivity contribution in [3.8, 4) is 17.2 Å². The maximum Gasteiger partial charge on any atom is 0.235 e. The van der Waals surface area contributed by atoms with E-state index in [0.29, 0.717) is 5.95 Å². The fourth-order valence-electron chi connectivity index (χ4n) is 7.50. The summed E-state index contributed by atoms with van der Waals surface area (Å²) < 4.78 is 9.18. The molecule has 3 aromatic heterocycles. The molecule has 0 spiro atoms. The molecule has 226 valence electrons. The van der Waals surface area contributed by atoms with Gasteiger partial charge in [0.15, 0.2) is 0 Å². The number of benzene rings is 6. The van der Waals surface area contributed by atoms with Gasteiger partial charge < -0.3 is 4.42 Å². The Hall–Kier alpha value is -6.26. The van der Waals surface area contributed by atoms with Crippen molar-refractivity contribution in [3.05, 3.63) is 163 Å². The van der Waals surface area contributed by atoms with Crippen LogP contribution in [-0.4, -0.2) is 14.5 Å². The molecule has 4 heteroatoms. The third-order valence-corrected chi connectivity index (χ3v) is 9.70. The molecule has 0 amide bonds. The topological polar surface area (TPSA) is 43.9 Å². The van der Waals surface area contributed by atoms with Crippen LogP contribution in [0.25, 0.3) is 83.0 Å². The smallest absolute Gasteiger partial charge is 0.235 e. The van der Waals surface area contributed by atoms with Crippen molar-refractivity contribution in [3.63, 3.8) is 0 Å².